The Morgan fingerprint density at radius 1 is 0.870 bits per heavy atom. The van der Waals surface area contributed by atoms with Gasteiger partial charge in [-0.25, -0.2) is 0 Å². The molecule has 0 aromatic heterocycles. The van der Waals surface area contributed by atoms with E-state index in [1.54, 1.807) is 25.7 Å². The molecule has 1 saturated heterocycles. The van der Waals surface area contributed by atoms with Gasteiger partial charge in [-0.1, -0.05) is 0 Å². The average molecular weight is 331 g/mol. The Hall–Kier alpha value is -1.67. The second-order valence-corrected chi connectivity index (χ2v) is 4.83. The van der Waals surface area contributed by atoms with Gasteiger partial charge in [0.1, 0.15) is 6.04 Å². The Bertz CT molecular complexity index is 389. The molecule has 0 spiro atoms. The first kappa shape index (κ1) is 19.4. The van der Waals surface area contributed by atoms with Crippen LogP contribution in [0.15, 0.2) is 0 Å². The molecule has 1 atom stereocenters. The van der Waals surface area contributed by atoms with E-state index in [1.165, 1.54) is 0 Å². The summed E-state index contributed by atoms with van der Waals surface area (Å²) in [4.78, 5) is 38.6. The molecule has 0 amide bonds. The highest BCUT2D eigenvalue weighted by atomic mass is 16.6. The van der Waals surface area contributed by atoms with E-state index in [9.17, 15) is 14.4 Å². The molecule has 0 aromatic carbocycles. The zero-order valence-electron chi connectivity index (χ0n) is 13.9. The highest BCUT2D eigenvalue weighted by Crippen LogP contribution is 2.19. The topological polar surface area (TPSA) is 91.4 Å². The fourth-order valence-corrected chi connectivity index (χ4v) is 2.40. The van der Waals surface area contributed by atoms with Crippen molar-refractivity contribution >= 4 is 17.9 Å². The Labute approximate surface area is 136 Å². The lowest BCUT2D eigenvalue weighted by Gasteiger charge is -2.35. The number of nitrogens with zero attached hydrogens (tertiary/aromatic N) is 1. The van der Waals surface area contributed by atoms with Crippen molar-refractivity contribution in [1.82, 2.24) is 4.90 Å². The van der Waals surface area contributed by atoms with E-state index in [-0.39, 0.29) is 19.8 Å². The molecule has 0 aliphatic carbocycles. The van der Waals surface area contributed by atoms with Crippen LogP contribution < -0.4 is 0 Å². The maximum atomic E-state index is 12.4. The summed E-state index contributed by atoms with van der Waals surface area (Å²) in [6, 6.07) is -1.07. The van der Waals surface area contributed by atoms with Gasteiger partial charge in [-0.05, 0) is 20.8 Å². The average Bonchev–Trinajstić information content (AvgIpc) is 2.53. The van der Waals surface area contributed by atoms with Gasteiger partial charge in [0.15, 0.2) is 5.92 Å². The molecule has 1 fully saturated rings. The van der Waals surface area contributed by atoms with E-state index in [0.29, 0.717) is 26.3 Å². The van der Waals surface area contributed by atoms with Crippen LogP contribution >= 0.6 is 0 Å². The number of ether oxygens (including phenoxy) is 4. The molecular weight excluding hydrogens is 306 g/mol. The molecule has 0 saturated carbocycles. The summed E-state index contributed by atoms with van der Waals surface area (Å²) in [5, 5.41) is 0. The van der Waals surface area contributed by atoms with Crippen molar-refractivity contribution in [2.75, 3.05) is 46.1 Å². The van der Waals surface area contributed by atoms with Crippen molar-refractivity contribution in [3.05, 3.63) is 0 Å². The van der Waals surface area contributed by atoms with E-state index in [1.807, 2.05) is 0 Å². The van der Waals surface area contributed by atoms with E-state index in [4.69, 9.17) is 18.9 Å². The highest BCUT2D eigenvalue weighted by Gasteiger charge is 2.46. The third-order valence-electron chi connectivity index (χ3n) is 3.36. The molecule has 1 rings (SSSR count). The number of carbonyl (C=O) groups excluding carboxylic acids is 3. The summed E-state index contributed by atoms with van der Waals surface area (Å²) in [6.45, 7) is 6.94. The summed E-state index contributed by atoms with van der Waals surface area (Å²) < 4.78 is 20.2. The summed E-state index contributed by atoms with van der Waals surface area (Å²) in [5.41, 5.74) is 0. The lowest BCUT2D eigenvalue weighted by atomic mass is 9.97. The second-order valence-electron chi connectivity index (χ2n) is 4.83. The van der Waals surface area contributed by atoms with Gasteiger partial charge in [-0.15, -0.1) is 0 Å². The molecule has 0 bridgehead atoms. The van der Waals surface area contributed by atoms with Crippen LogP contribution in [-0.2, 0) is 33.3 Å². The molecule has 1 aliphatic heterocycles. The van der Waals surface area contributed by atoms with E-state index in [2.05, 4.69) is 0 Å². The van der Waals surface area contributed by atoms with Gasteiger partial charge in [0.2, 0.25) is 0 Å². The molecule has 0 aromatic rings. The standard InChI is InChI=1S/C15H25NO7/c1-4-21-13(17)11(14(18)22-5-2)12(15(19)23-6-3)16-7-9-20-10-8-16/h11-12H,4-10H2,1-3H3/t12-/m1/s1. The SMILES string of the molecule is CCOC(=O)C(C(=O)OCC)[C@H](C(=O)OCC)N1CCOCC1. The monoisotopic (exact) mass is 331 g/mol. The molecule has 0 N–H and O–H groups in total. The van der Waals surface area contributed by atoms with Crippen LogP contribution in [0.3, 0.4) is 0 Å². The fourth-order valence-electron chi connectivity index (χ4n) is 2.40. The summed E-state index contributed by atoms with van der Waals surface area (Å²) in [7, 11) is 0. The molecular formula is C15H25NO7. The smallest absolute Gasteiger partial charge is 0.324 e. The Kier molecular flexibility index (Phi) is 8.57. The Morgan fingerprint density at radius 2 is 1.30 bits per heavy atom. The molecule has 1 aliphatic rings. The predicted octanol–water partition coefficient (Wildman–Crippen LogP) is -0.00730. The minimum atomic E-state index is -1.37. The lowest BCUT2D eigenvalue weighted by Crippen LogP contribution is -2.56. The van der Waals surface area contributed by atoms with Gasteiger partial charge < -0.3 is 18.9 Å². The lowest BCUT2D eigenvalue weighted by molar-refractivity contribution is -0.174. The Balaban J connectivity index is 3.09. The van der Waals surface area contributed by atoms with E-state index in [0.717, 1.165) is 0 Å². The van der Waals surface area contributed by atoms with Gasteiger partial charge in [0.25, 0.3) is 0 Å². The van der Waals surface area contributed by atoms with Crippen LogP contribution in [0.25, 0.3) is 0 Å². The van der Waals surface area contributed by atoms with Gasteiger partial charge in [-0.2, -0.15) is 0 Å². The zero-order valence-corrected chi connectivity index (χ0v) is 13.9. The first-order valence-corrected chi connectivity index (χ1v) is 7.88. The quantitative estimate of drug-likeness (QED) is 0.348. The summed E-state index contributed by atoms with van der Waals surface area (Å²) in [5.74, 6) is -3.57. The van der Waals surface area contributed by atoms with E-state index < -0.39 is 29.9 Å². The number of carbonyl (C=O) groups is 3. The van der Waals surface area contributed by atoms with Crippen LogP contribution in [0.2, 0.25) is 0 Å². The highest BCUT2D eigenvalue weighted by molar-refractivity contribution is 6.00. The normalized spacial score (nSPS) is 16.7. The summed E-state index contributed by atoms with van der Waals surface area (Å²) >= 11 is 0. The van der Waals surface area contributed by atoms with Gasteiger partial charge in [0.05, 0.1) is 33.0 Å². The van der Waals surface area contributed by atoms with Gasteiger partial charge in [-0.3, -0.25) is 19.3 Å². The number of hydrogen-bond acceptors (Lipinski definition) is 8. The third-order valence-corrected chi connectivity index (χ3v) is 3.36. The second kappa shape index (κ2) is 10.2. The van der Waals surface area contributed by atoms with Crippen LogP contribution in [0.4, 0.5) is 0 Å². The van der Waals surface area contributed by atoms with Crippen molar-refractivity contribution < 1.29 is 33.3 Å². The maximum Gasteiger partial charge on any atom is 0.324 e. The van der Waals surface area contributed by atoms with Crippen molar-refractivity contribution in [1.29, 1.82) is 0 Å². The third kappa shape index (κ3) is 5.47. The number of morpholine rings is 1. The van der Waals surface area contributed by atoms with Gasteiger partial charge >= 0.3 is 17.9 Å². The maximum absolute atomic E-state index is 12.4. The van der Waals surface area contributed by atoms with Crippen molar-refractivity contribution in [2.45, 2.75) is 26.8 Å². The molecule has 8 nitrogen and oxygen atoms in total. The molecule has 132 valence electrons. The number of esters is 3. The predicted molar refractivity (Wildman–Crippen MR) is 79.6 cm³/mol. The minimum absolute atomic E-state index is 0.105. The van der Waals surface area contributed by atoms with Gasteiger partial charge in [0, 0.05) is 13.1 Å². The van der Waals surface area contributed by atoms with Crippen LogP contribution in [0.5, 0.6) is 0 Å². The van der Waals surface area contributed by atoms with Crippen LogP contribution in [0, 0.1) is 5.92 Å². The Morgan fingerprint density at radius 3 is 1.74 bits per heavy atom. The number of rotatable bonds is 8. The summed E-state index contributed by atoms with van der Waals surface area (Å²) in [6.07, 6.45) is 0. The molecule has 0 unspecified atom stereocenters. The molecule has 0 radical (unpaired) electrons. The molecule has 1 heterocycles. The first-order chi connectivity index (χ1) is 11.1. The van der Waals surface area contributed by atoms with Crippen molar-refractivity contribution in [2.24, 2.45) is 5.92 Å². The van der Waals surface area contributed by atoms with E-state index >= 15 is 0 Å². The molecule has 23 heavy (non-hydrogen) atoms. The van der Waals surface area contributed by atoms with Crippen LogP contribution in [0.1, 0.15) is 20.8 Å². The van der Waals surface area contributed by atoms with Crippen LogP contribution in [-0.4, -0.2) is 75.0 Å². The largest absolute Gasteiger partial charge is 0.465 e. The first-order valence-electron chi connectivity index (χ1n) is 7.88. The van der Waals surface area contributed by atoms with Crippen molar-refractivity contribution in [3.63, 3.8) is 0 Å². The fraction of sp³-hybridized carbons (Fsp3) is 0.800. The molecule has 8 heteroatoms. The minimum Gasteiger partial charge on any atom is -0.465 e. The van der Waals surface area contributed by atoms with Crippen molar-refractivity contribution in [3.8, 4) is 0 Å². The number of hydrogen-bond donors (Lipinski definition) is 0. The zero-order chi connectivity index (χ0) is 17.2.